The van der Waals surface area contributed by atoms with Crippen LogP contribution in [0.3, 0.4) is 0 Å². The van der Waals surface area contributed by atoms with Crippen LogP contribution in [0, 0.1) is 11.6 Å². The number of benzene rings is 3. The smallest absolute Gasteiger partial charge is 0.336 e. The van der Waals surface area contributed by atoms with Crippen molar-refractivity contribution >= 4 is 5.97 Å². The first kappa shape index (κ1) is 17.8. The van der Waals surface area contributed by atoms with Crippen molar-refractivity contribution in [2.75, 3.05) is 0 Å². The van der Waals surface area contributed by atoms with Crippen LogP contribution in [0.4, 0.5) is 8.78 Å². The standard InChI is InChI=1S/C22H18F2O2/c1-2-3-14-4-6-15(7-5-14)20-12-16(8-10-19(20)22(25)26)18-11-9-17(23)13-21(18)24/h4-13H,2-3H2,1H3,(H,25,26). The highest BCUT2D eigenvalue weighted by molar-refractivity contribution is 5.97. The summed E-state index contributed by atoms with van der Waals surface area (Å²) in [6.07, 6.45) is 1.98. The van der Waals surface area contributed by atoms with Crippen LogP contribution in [0.5, 0.6) is 0 Å². The van der Waals surface area contributed by atoms with Crippen molar-refractivity contribution < 1.29 is 18.7 Å². The van der Waals surface area contributed by atoms with Crippen LogP contribution in [0.25, 0.3) is 22.3 Å². The summed E-state index contributed by atoms with van der Waals surface area (Å²) >= 11 is 0. The maximum absolute atomic E-state index is 14.1. The van der Waals surface area contributed by atoms with Crippen molar-refractivity contribution in [2.24, 2.45) is 0 Å². The molecule has 3 aromatic carbocycles. The van der Waals surface area contributed by atoms with Gasteiger partial charge in [-0.1, -0.05) is 43.7 Å². The Morgan fingerprint density at radius 3 is 2.19 bits per heavy atom. The summed E-state index contributed by atoms with van der Waals surface area (Å²) in [5.74, 6) is -2.39. The van der Waals surface area contributed by atoms with Crippen molar-refractivity contribution in [2.45, 2.75) is 19.8 Å². The lowest BCUT2D eigenvalue weighted by atomic mass is 9.93. The Bertz CT molecular complexity index is 947. The van der Waals surface area contributed by atoms with Gasteiger partial charge in [0, 0.05) is 11.6 Å². The number of carbonyl (C=O) groups is 1. The van der Waals surface area contributed by atoms with E-state index in [1.807, 2.05) is 24.3 Å². The summed E-state index contributed by atoms with van der Waals surface area (Å²) in [6.45, 7) is 2.09. The molecule has 0 radical (unpaired) electrons. The first-order valence-electron chi connectivity index (χ1n) is 8.41. The lowest BCUT2D eigenvalue weighted by Crippen LogP contribution is -2.00. The average Bonchev–Trinajstić information content (AvgIpc) is 2.62. The zero-order valence-corrected chi connectivity index (χ0v) is 14.3. The van der Waals surface area contributed by atoms with Gasteiger partial charge in [0.05, 0.1) is 5.56 Å². The highest BCUT2D eigenvalue weighted by atomic mass is 19.1. The molecule has 0 fully saturated rings. The minimum atomic E-state index is -1.05. The highest BCUT2D eigenvalue weighted by Gasteiger charge is 2.15. The average molecular weight is 352 g/mol. The maximum Gasteiger partial charge on any atom is 0.336 e. The van der Waals surface area contributed by atoms with Gasteiger partial charge in [-0.3, -0.25) is 0 Å². The van der Waals surface area contributed by atoms with Crippen molar-refractivity contribution in [1.29, 1.82) is 0 Å². The highest BCUT2D eigenvalue weighted by Crippen LogP contribution is 2.31. The molecule has 4 heteroatoms. The Hall–Kier alpha value is -3.01. The van der Waals surface area contributed by atoms with Gasteiger partial charge in [0.1, 0.15) is 11.6 Å². The Balaban J connectivity index is 2.11. The third-order valence-corrected chi connectivity index (χ3v) is 4.30. The molecule has 0 aromatic heterocycles. The summed E-state index contributed by atoms with van der Waals surface area (Å²) in [5.41, 5.74) is 3.29. The van der Waals surface area contributed by atoms with Gasteiger partial charge >= 0.3 is 5.97 Å². The largest absolute Gasteiger partial charge is 0.478 e. The van der Waals surface area contributed by atoms with Crippen molar-refractivity contribution in [3.05, 3.63) is 83.4 Å². The van der Waals surface area contributed by atoms with Crippen LogP contribution in [0.1, 0.15) is 29.3 Å². The second-order valence-corrected chi connectivity index (χ2v) is 6.14. The van der Waals surface area contributed by atoms with Crippen LogP contribution < -0.4 is 0 Å². The normalized spacial score (nSPS) is 10.7. The number of halogens is 2. The monoisotopic (exact) mass is 352 g/mol. The zero-order valence-electron chi connectivity index (χ0n) is 14.3. The lowest BCUT2D eigenvalue weighted by molar-refractivity contribution is 0.0697. The molecule has 0 aliphatic heterocycles. The van der Waals surface area contributed by atoms with Gasteiger partial charge in [-0.25, -0.2) is 13.6 Å². The SMILES string of the molecule is CCCc1ccc(-c2cc(-c3ccc(F)cc3F)ccc2C(=O)O)cc1. The van der Waals surface area contributed by atoms with E-state index in [0.717, 1.165) is 24.5 Å². The summed E-state index contributed by atoms with van der Waals surface area (Å²) in [7, 11) is 0. The molecule has 0 aliphatic carbocycles. The van der Waals surface area contributed by atoms with E-state index in [1.165, 1.54) is 29.8 Å². The van der Waals surface area contributed by atoms with Gasteiger partial charge in [-0.15, -0.1) is 0 Å². The number of rotatable bonds is 5. The molecule has 0 atom stereocenters. The van der Waals surface area contributed by atoms with Gasteiger partial charge in [0.15, 0.2) is 0 Å². The molecule has 0 unspecified atom stereocenters. The van der Waals surface area contributed by atoms with E-state index in [1.54, 1.807) is 6.07 Å². The van der Waals surface area contributed by atoms with Gasteiger partial charge < -0.3 is 5.11 Å². The van der Waals surface area contributed by atoms with E-state index in [0.29, 0.717) is 11.1 Å². The van der Waals surface area contributed by atoms with E-state index in [9.17, 15) is 18.7 Å². The van der Waals surface area contributed by atoms with Crippen molar-refractivity contribution in [3.63, 3.8) is 0 Å². The molecular weight excluding hydrogens is 334 g/mol. The Morgan fingerprint density at radius 1 is 0.885 bits per heavy atom. The summed E-state index contributed by atoms with van der Waals surface area (Å²) in [5, 5.41) is 9.49. The predicted octanol–water partition coefficient (Wildman–Crippen LogP) is 5.95. The summed E-state index contributed by atoms with van der Waals surface area (Å²) < 4.78 is 27.3. The van der Waals surface area contributed by atoms with Gasteiger partial charge in [0.25, 0.3) is 0 Å². The first-order valence-corrected chi connectivity index (χ1v) is 8.41. The summed E-state index contributed by atoms with van der Waals surface area (Å²) in [6, 6.07) is 15.7. The lowest BCUT2D eigenvalue weighted by Gasteiger charge is -2.11. The van der Waals surface area contributed by atoms with E-state index in [2.05, 4.69) is 6.92 Å². The molecular formula is C22H18F2O2. The molecule has 132 valence electrons. The van der Waals surface area contributed by atoms with Crippen molar-refractivity contribution in [1.82, 2.24) is 0 Å². The first-order chi connectivity index (χ1) is 12.5. The molecule has 0 amide bonds. The maximum atomic E-state index is 14.1. The fourth-order valence-corrected chi connectivity index (χ4v) is 3.00. The van der Waals surface area contributed by atoms with E-state index in [-0.39, 0.29) is 11.1 Å². The van der Waals surface area contributed by atoms with Crippen molar-refractivity contribution in [3.8, 4) is 22.3 Å². The number of aryl methyl sites for hydroxylation is 1. The van der Waals surface area contributed by atoms with Crippen LogP contribution >= 0.6 is 0 Å². The molecule has 1 N–H and O–H groups in total. The Morgan fingerprint density at radius 2 is 1.58 bits per heavy atom. The summed E-state index contributed by atoms with van der Waals surface area (Å²) in [4.78, 5) is 11.6. The fraction of sp³-hybridized carbons (Fsp3) is 0.136. The van der Waals surface area contributed by atoms with Crippen LogP contribution in [0.15, 0.2) is 60.7 Å². The van der Waals surface area contributed by atoms with Gasteiger partial charge in [-0.05, 0) is 52.9 Å². The molecule has 0 heterocycles. The predicted molar refractivity (Wildman–Crippen MR) is 98.2 cm³/mol. The Kier molecular flexibility index (Phi) is 5.12. The van der Waals surface area contributed by atoms with Crippen LogP contribution in [-0.2, 0) is 6.42 Å². The number of aromatic carboxylic acids is 1. The van der Waals surface area contributed by atoms with E-state index >= 15 is 0 Å². The number of hydrogen-bond donors (Lipinski definition) is 1. The molecule has 3 rings (SSSR count). The zero-order chi connectivity index (χ0) is 18.7. The second kappa shape index (κ2) is 7.48. The van der Waals surface area contributed by atoms with E-state index < -0.39 is 17.6 Å². The second-order valence-electron chi connectivity index (χ2n) is 6.14. The molecule has 0 bridgehead atoms. The molecule has 26 heavy (non-hydrogen) atoms. The minimum absolute atomic E-state index is 0.138. The molecule has 0 saturated heterocycles. The van der Waals surface area contributed by atoms with Gasteiger partial charge in [0.2, 0.25) is 0 Å². The third-order valence-electron chi connectivity index (χ3n) is 4.30. The Labute approximate surface area is 150 Å². The van der Waals surface area contributed by atoms with Gasteiger partial charge in [-0.2, -0.15) is 0 Å². The quantitative estimate of drug-likeness (QED) is 0.616. The topological polar surface area (TPSA) is 37.3 Å². The molecule has 0 saturated carbocycles. The number of carboxylic acids is 1. The van der Waals surface area contributed by atoms with E-state index in [4.69, 9.17) is 0 Å². The number of carboxylic acid groups (broad SMARTS) is 1. The fourth-order valence-electron chi connectivity index (χ4n) is 3.00. The third kappa shape index (κ3) is 3.64. The minimum Gasteiger partial charge on any atom is -0.478 e. The molecule has 0 aliphatic rings. The van der Waals surface area contributed by atoms with Crippen LogP contribution in [0.2, 0.25) is 0 Å². The van der Waals surface area contributed by atoms with Crippen LogP contribution in [-0.4, -0.2) is 11.1 Å². The molecule has 0 spiro atoms. The molecule has 2 nitrogen and oxygen atoms in total. The number of hydrogen-bond acceptors (Lipinski definition) is 1. The molecule has 3 aromatic rings.